The van der Waals surface area contributed by atoms with Crippen LogP contribution in [0, 0.1) is 13.8 Å². The summed E-state index contributed by atoms with van der Waals surface area (Å²) in [6.07, 6.45) is -7.14. The summed E-state index contributed by atoms with van der Waals surface area (Å²) >= 11 is 0. The molecule has 226 valence electrons. The lowest BCUT2D eigenvalue weighted by Crippen LogP contribution is -2.37. The van der Waals surface area contributed by atoms with E-state index in [4.69, 9.17) is 4.74 Å². The molecule has 0 radical (unpaired) electrons. The maximum Gasteiger partial charge on any atom is 0.416 e. The van der Waals surface area contributed by atoms with Crippen molar-refractivity contribution in [1.82, 2.24) is 20.2 Å². The van der Waals surface area contributed by atoms with Crippen molar-refractivity contribution >= 4 is 17.7 Å². The van der Waals surface area contributed by atoms with Crippen LogP contribution in [-0.4, -0.2) is 38.9 Å². The molecule has 5 rings (SSSR count). The Labute approximate surface area is 238 Å². The Morgan fingerprint density at radius 2 is 1.60 bits per heavy atom. The van der Waals surface area contributed by atoms with Gasteiger partial charge in [0.25, 0.3) is 5.95 Å². The fourth-order valence-electron chi connectivity index (χ4n) is 5.27. The van der Waals surface area contributed by atoms with Gasteiger partial charge in [0.1, 0.15) is 6.10 Å². The minimum atomic E-state index is -4.99. The molecule has 14 heteroatoms. The lowest BCUT2D eigenvalue weighted by atomic mass is 9.95. The summed E-state index contributed by atoms with van der Waals surface area (Å²) in [4.78, 5) is 17.5. The van der Waals surface area contributed by atoms with Gasteiger partial charge in [-0.1, -0.05) is 11.2 Å². The fraction of sp³-hybridized carbons (Fsp3) is 0.500. The van der Waals surface area contributed by atoms with Crippen molar-refractivity contribution < 1.29 is 35.9 Å². The summed E-state index contributed by atoms with van der Waals surface area (Å²) in [6.45, 7) is 3.74. The van der Waals surface area contributed by atoms with E-state index >= 15 is 0 Å². The average Bonchev–Trinajstić information content (AvgIpc) is 3.23. The molecule has 3 aromatic rings. The van der Waals surface area contributed by atoms with E-state index in [1.807, 2.05) is 26.0 Å². The molecule has 1 aromatic heterocycles. The van der Waals surface area contributed by atoms with E-state index in [1.54, 1.807) is 9.80 Å². The molecule has 0 unspecified atom stereocenters. The highest BCUT2D eigenvalue weighted by Crippen LogP contribution is 2.42. The van der Waals surface area contributed by atoms with Gasteiger partial charge in [-0.3, -0.25) is 4.90 Å². The number of halogens is 6. The summed E-state index contributed by atoms with van der Waals surface area (Å²) in [5.41, 5.74) is 0.0103. The van der Waals surface area contributed by atoms with Gasteiger partial charge in [0.2, 0.25) is 0 Å². The Bertz CT molecular complexity index is 1430. The van der Waals surface area contributed by atoms with Gasteiger partial charge in [-0.05, 0) is 97.7 Å². The summed E-state index contributed by atoms with van der Waals surface area (Å²) in [5, 5.41) is 12.2. The highest BCUT2D eigenvalue weighted by atomic mass is 19.4. The first-order chi connectivity index (χ1) is 19.7. The van der Waals surface area contributed by atoms with Crippen molar-refractivity contribution in [2.24, 2.45) is 7.05 Å². The van der Waals surface area contributed by atoms with Crippen LogP contribution in [0.1, 0.15) is 71.5 Å². The molecule has 2 aliphatic rings. The normalized spacial score (nSPS) is 17.8. The number of amides is 1. The van der Waals surface area contributed by atoms with E-state index in [1.165, 1.54) is 7.05 Å². The van der Waals surface area contributed by atoms with Crippen LogP contribution in [0.5, 0.6) is 0 Å². The van der Waals surface area contributed by atoms with Crippen LogP contribution in [0.3, 0.4) is 0 Å². The standard InChI is InChI=1S/C28H30F6N6O2/c1-16-10-22-23(8-5-9-39(24(22)11-17(16)2)26(41)42-21-6-4-7-21)40(25-35-37-38(3)36-25)15-18-12-19(27(29,30)31)14-20(13-18)28(32,33)34/h10-14,21,23H,4-9,15H2,1-3H3/t23-/m0/s1. The largest absolute Gasteiger partial charge is 0.446 e. The quantitative estimate of drug-likeness (QED) is 0.298. The first kappa shape index (κ1) is 29.6. The van der Waals surface area contributed by atoms with Crippen molar-refractivity contribution in [1.29, 1.82) is 0 Å². The Morgan fingerprint density at radius 3 is 2.14 bits per heavy atom. The smallest absolute Gasteiger partial charge is 0.416 e. The highest BCUT2D eigenvalue weighted by molar-refractivity contribution is 5.89. The third kappa shape index (κ3) is 6.16. The number of carbonyl (C=O) groups is 1. The van der Waals surface area contributed by atoms with E-state index in [2.05, 4.69) is 15.4 Å². The molecular weight excluding hydrogens is 566 g/mol. The summed E-state index contributed by atoms with van der Waals surface area (Å²) in [6, 6.07) is 4.67. The number of rotatable bonds is 5. The van der Waals surface area contributed by atoms with E-state index in [0.717, 1.165) is 35.2 Å². The van der Waals surface area contributed by atoms with E-state index in [0.29, 0.717) is 42.8 Å². The van der Waals surface area contributed by atoms with Crippen LogP contribution >= 0.6 is 0 Å². The maximum atomic E-state index is 13.7. The third-order valence-electron chi connectivity index (χ3n) is 7.82. The zero-order valence-electron chi connectivity index (χ0n) is 23.3. The van der Waals surface area contributed by atoms with Gasteiger partial charge in [0.05, 0.1) is 29.9 Å². The molecule has 2 heterocycles. The molecule has 8 nitrogen and oxygen atoms in total. The molecule has 1 atom stereocenters. The Hall–Kier alpha value is -3.84. The summed E-state index contributed by atoms with van der Waals surface area (Å²) < 4.78 is 87.6. The van der Waals surface area contributed by atoms with Crippen LogP contribution in [0.4, 0.5) is 42.8 Å². The van der Waals surface area contributed by atoms with E-state index in [9.17, 15) is 31.1 Å². The molecule has 2 aromatic carbocycles. The molecule has 1 aliphatic carbocycles. The van der Waals surface area contributed by atoms with Crippen LogP contribution in [-0.2, 0) is 30.7 Å². The number of tetrazole rings is 1. The van der Waals surface area contributed by atoms with Crippen LogP contribution < -0.4 is 9.80 Å². The lowest BCUT2D eigenvalue weighted by Gasteiger charge is -2.33. The third-order valence-corrected chi connectivity index (χ3v) is 7.82. The number of carbonyl (C=O) groups excluding carboxylic acids is 1. The van der Waals surface area contributed by atoms with Gasteiger partial charge in [0.15, 0.2) is 0 Å². The second kappa shape index (κ2) is 11.1. The maximum absolute atomic E-state index is 13.7. The van der Waals surface area contributed by atoms with Crippen LogP contribution in [0.25, 0.3) is 0 Å². The topological polar surface area (TPSA) is 76.4 Å². The predicted octanol–water partition coefficient (Wildman–Crippen LogP) is 6.90. The molecule has 1 fully saturated rings. The minimum absolute atomic E-state index is 0.0307. The molecular formula is C28H30F6N6O2. The number of ether oxygens (including phenoxy) is 1. The number of aryl methyl sites for hydroxylation is 3. The molecule has 42 heavy (non-hydrogen) atoms. The Balaban J connectivity index is 1.60. The number of anilines is 2. The van der Waals surface area contributed by atoms with Crippen molar-refractivity contribution in [3.63, 3.8) is 0 Å². The van der Waals surface area contributed by atoms with Crippen LogP contribution in [0.2, 0.25) is 0 Å². The van der Waals surface area contributed by atoms with Crippen LogP contribution in [0.15, 0.2) is 30.3 Å². The number of fused-ring (bicyclic) bond motifs is 1. The molecule has 0 bridgehead atoms. The number of aromatic nitrogens is 4. The van der Waals surface area contributed by atoms with Gasteiger partial charge < -0.3 is 9.64 Å². The first-order valence-electron chi connectivity index (χ1n) is 13.6. The minimum Gasteiger partial charge on any atom is -0.446 e. The summed E-state index contributed by atoms with van der Waals surface area (Å²) in [5.74, 6) is 0.0307. The highest BCUT2D eigenvalue weighted by Gasteiger charge is 2.38. The van der Waals surface area contributed by atoms with Gasteiger partial charge in [-0.25, -0.2) is 4.79 Å². The molecule has 1 amide bonds. The van der Waals surface area contributed by atoms with Gasteiger partial charge in [-0.2, -0.15) is 31.1 Å². The lowest BCUT2D eigenvalue weighted by molar-refractivity contribution is -0.143. The van der Waals surface area contributed by atoms with E-state index in [-0.39, 0.29) is 30.2 Å². The zero-order chi connectivity index (χ0) is 30.4. The van der Waals surface area contributed by atoms with Crippen molar-refractivity contribution in [3.05, 3.63) is 63.7 Å². The number of nitrogens with zero attached hydrogens (tertiary/aromatic N) is 6. The van der Waals surface area contributed by atoms with Gasteiger partial charge >= 0.3 is 18.4 Å². The Kier molecular flexibility index (Phi) is 7.84. The number of hydrogen-bond acceptors (Lipinski definition) is 6. The van der Waals surface area contributed by atoms with Gasteiger partial charge in [0, 0.05) is 13.1 Å². The first-order valence-corrected chi connectivity index (χ1v) is 13.6. The molecule has 0 N–H and O–H groups in total. The van der Waals surface area contributed by atoms with Crippen molar-refractivity contribution in [2.75, 3.05) is 16.3 Å². The Morgan fingerprint density at radius 1 is 0.952 bits per heavy atom. The second-order valence-corrected chi connectivity index (χ2v) is 10.9. The second-order valence-electron chi connectivity index (χ2n) is 10.9. The molecule has 1 saturated carbocycles. The molecule has 1 aliphatic heterocycles. The number of alkyl halides is 6. The van der Waals surface area contributed by atoms with Crippen molar-refractivity contribution in [3.8, 4) is 0 Å². The zero-order valence-corrected chi connectivity index (χ0v) is 23.3. The SMILES string of the molecule is Cc1cc2c(cc1C)N(C(=O)OC1CCC1)CCC[C@@H]2N(Cc1cc(C(F)(F)F)cc(C(F)(F)F)c1)c1nnn(C)n1. The predicted molar refractivity (Wildman–Crippen MR) is 141 cm³/mol. The fourth-order valence-corrected chi connectivity index (χ4v) is 5.27. The van der Waals surface area contributed by atoms with Crippen molar-refractivity contribution in [2.45, 2.75) is 77.0 Å². The monoisotopic (exact) mass is 596 g/mol. The van der Waals surface area contributed by atoms with Gasteiger partial charge in [-0.15, -0.1) is 5.10 Å². The number of benzene rings is 2. The molecule has 0 spiro atoms. The van der Waals surface area contributed by atoms with E-state index < -0.39 is 35.6 Å². The molecule has 0 saturated heterocycles. The average molecular weight is 597 g/mol. The number of hydrogen-bond donors (Lipinski definition) is 0. The summed E-state index contributed by atoms with van der Waals surface area (Å²) in [7, 11) is 1.51.